The number of fused-ring (bicyclic) bond motifs is 1. The Balaban J connectivity index is 2.08. The Kier molecular flexibility index (Phi) is 4.24. The number of hydrogen-bond donors (Lipinski definition) is 1. The molecule has 0 radical (unpaired) electrons. The number of rotatable bonds is 4. The van der Waals surface area contributed by atoms with Gasteiger partial charge in [-0.05, 0) is 35.7 Å². The highest BCUT2D eigenvalue weighted by Gasteiger charge is 2.31. The third kappa shape index (κ3) is 3.35. The van der Waals surface area contributed by atoms with Gasteiger partial charge in [0.15, 0.2) is 0 Å². The number of nitrogens with zero attached hydrogens (tertiary/aromatic N) is 1. The maximum absolute atomic E-state index is 12.7. The summed E-state index contributed by atoms with van der Waals surface area (Å²) in [7, 11) is 0. The first kappa shape index (κ1) is 17.0. The summed E-state index contributed by atoms with van der Waals surface area (Å²) in [6, 6.07) is 10.2. The molecule has 25 heavy (non-hydrogen) atoms. The van der Waals surface area contributed by atoms with E-state index in [1.54, 1.807) is 6.20 Å². The van der Waals surface area contributed by atoms with Crippen LogP contribution in [0.4, 0.5) is 13.2 Å². The second-order valence-corrected chi connectivity index (χ2v) is 5.93. The molecule has 2 aromatic carbocycles. The van der Waals surface area contributed by atoms with E-state index in [2.05, 4.69) is 4.98 Å². The Morgan fingerprint density at radius 3 is 2.44 bits per heavy atom. The van der Waals surface area contributed by atoms with Crippen molar-refractivity contribution in [2.75, 3.05) is 6.54 Å². The second-order valence-electron chi connectivity index (χ2n) is 5.93. The Bertz CT molecular complexity index is 914. The summed E-state index contributed by atoms with van der Waals surface area (Å²) in [6.45, 7) is 1.52. The monoisotopic (exact) mass is 348 g/mol. The van der Waals surface area contributed by atoms with Crippen LogP contribution in [0.25, 0.3) is 10.9 Å². The van der Waals surface area contributed by atoms with E-state index in [4.69, 9.17) is 0 Å². The summed E-state index contributed by atoms with van der Waals surface area (Å²) < 4.78 is 38.2. The molecule has 0 aliphatic rings. The van der Waals surface area contributed by atoms with Crippen LogP contribution in [0.3, 0.4) is 0 Å². The highest BCUT2D eigenvalue weighted by Crippen LogP contribution is 2.34. The van der Waals surface area contributed by atoms with E-state index < -0.39 is 29.1 Å². The maximum atomic E-state index is 12.7. The topological polar surface area (TPSA) is 58.9 Å². The molecule has 1 aromatic heterocycles. The fourth-order valence-electron chi connectivity index (χ4n) is 3.05. The molecular weight excluding hydrogens is 333 g/mol. The first-order valence-electron chi connectivity index (χ1n) is 7.63. The molecule has 0 aliphatic carbocycles. The summed E-state index contributed by atoms with van der Waals surface area (Å²) >= 11 is 0. The van der Waals surface area contributed by atoms with Gasteiger partial charge in [-0.1, -0.05) is 30.3 Å². The van der Waals surface area contributed by atoms with E-state index in [9.17, 15) is 23.3 Å². The lowest BCUT2D eigenvalue weighted by Gasteiger charge is -2.14. The zero-order chi connectivity index (χ0) is 18.2. The lowest BCUT2D eigenvalue weighted by molar-refractivity contribution is -0.481. The van der Waals surface area contributed by atoms with Crippen molar-refractivity contribution in [3.05, 3.63) is 81.0 Å². The van der Waals surface area contributed by atoms with Crippen LogP contribution in [-0.2, 0) is 6.18 Å². The van der Waals surface area contributed by atoms with Gasteiger partial charge in [-0.3, -0.25) is 10.1 Å². The molecule has 0 spiro atoms. The lowest BCUT2D eigenvalue weighted by atomic mass is 9.90. The fourth-order valence-corrected chi connectivity index (χ4v) is 3.05. The molecule has 0 amide bonds. The van der Waals surface area contributed by atoms with Crippen molar-refractivity contribution in [3.63, 3.8) is 0 Å². The van der Waals surface area contributed by atoms with Crippen LogP contribution in [0.15, 0.2) is 48.7 Å². The number of benzene rings is 2. The molecule has 0 aliphatic heterocycles. The molecule has 7 heteroatoms. The Labute approximate surface area is 141 Å². The average molecular weight is 348 g/mol. The number of alkyl halides is 3. The van der Waals surface area contributed by atoms with Crippen molar-refractivity contribution in [3.8, 4) is 0 Å². The average Bonchev–Trinajstić information content (AvgIpc) is 2.97. The van der Waals surface area contributed by atoms with Gasteiger partial charge in [-0.2, -0.15) is 13.2 Å². The largest absolute Gasteiger partial charge is 0.416 e. The number of nitro groups is 1. The molecule has 0 unspecified atom stereocenters. The second kappa shape index (κ2) is 6.23. The number of para-hydroxylation sites is 1. The number of aryl methyl sites for hydroxylation is 1. The molecule has 0 saturated heterocycles. The highest BCUT2D eigenvalue weighted by molar-refractivity contribution is 5.86. The summed E-state index contributed by atoms with van der Waals surface area (Å²) in [6.07, 6.45) is -2.74. The minimum Gasteiger partial charge on any atom is -0.361 e. The molecule has 3 rings (SSSR count). The number of nitrogens with one attached hydrogen (secondary N) is 1. The first-order chi connectivity index (χ1) is 11.8. The normalized spacial score (nSPS) is 13.1. The quantitative estimate of drug-likeness (QED) is 0.538. The van der Waals surface area contributed by atoms with E-state index in [1.807, 2.05) is 25.1 Å². The van der Waals surface area contributed by atoms with Gasteiger partial charge < -0.3 is 4.98 Å². The minimum absolute atomic E-state index is 0.397. The summed E-state index contributed by atoms with van der Waals surface area (Å²) in [5.41, 5.74) is 2.28. The van der Waals surface area contributed by atoms with Crippen LogP contribution in [0, 0.1) is 17.0 Å². The van der Waals surface area contributed by atoms with Gasteiger partial charge >= 0.3 is 6.18 Å². The van der Waals surface area contributed by atoms with Crippen LogP contribution in [-0.4, -0.2) is 16.5 Å². The minimum atomic E-state index is -4.44. The van der Waals surface area contributed by atoms with E-state index in [0.29, 0.717) is 11.1 Å². The van der Waals surface area contributed by atoms with Gasteiger partial charge in [0.25, 0.3) is 0 Å². The van der Waals surface area contributed by atoms with Crippen LogP contribution in [0.5, 0.6) is 0 Å². The first-order valence-corrected chi connectivity index (χ1v) is 7.63. The van der Waals surface area contributed by atoms with Gasteiger partial charge in [-0.25, -0.2) is 0 Å². The van der Waals surface area contributed by atoms with Crippen LogP contribution < -0.4 is 0 Å². The van der Waals surface area contributed by atoms with Gasteiger partial charge in [0.1, 0.15) is 0 Å². The number of aromatic amines is 1. The number of aromatic nitrogens is 1. The molecule has 1 N–H and O–H groups in total. The summed E-state index contributed by atoms with van der Waals surface area (Å²) in [4.78, 5) is 13.8. The molecule has 4 nitrogen and oxygen atoms in total. The fraction of sp³-hybridized carbons (Fsp3) is 0.222. The number of halogens is 3. The molecule has 0 bridgehead atoms. The van der Waals surface area contributed by atoms with Crippen LogP contribution in [0.1, 0.15) is 28.2 Å². The number of hydrogen-bond acceptors (Lipinski definition) is 2. The molecule has 1 atom stereocenters. The van der Waals surface area contributed by atoms with Crippen molar-refractivity contribution in [1.29, 1.82) is 0 Å². The predicted molar refractivity (Wildman–Crippen MR) is 88.2 cm³/mol. The molecule has 130 valence electrons. The summed E-state index contributed by atoms with van der Waals surface area (Å²) in [5.74, 6) is -0.632. The van der Waals surface area contributed by atoms with E-state index >= 15 is 0 Å². The van der Waals surface area contributed by atoms with Crippen molar-refractivity contribution in [1.82, 2.24) is 4.98 Å². The van der Waals surface area contributed by atoms with E-state index in [-0.39, 0.29) is 0 Å². The zero-order valence-corrected chi connectivity index (χ0v) is 13.3. The van der Waals surface area contributed by atoms with Gasteiger partial charge in [0.2, 0.25) is 6.54 Å². The van der Waals surface area contributed by atoms with E-state index in [0.717, 1.165) is 28.6 Å². The standard InChI is InChI=1S/C18H15F3N2O2/c1-11-3-2-4-14-15(9-22-17(11)14)16(10-23(24)25)12-5-7-13(8-6-12)18(19,20)21/h2-9,16,22H,10H2,1H3/t16-/m0/s1. The van der Waals surface area contributed by atoms with Crippen LogP contribution in [0.2, 0.25) is 0 Å². The van der Waals surface area contributed by atoms with Gasteiger partial charge in [-0.15, -0.1) is 0 Å². The molecule has 0 saturated carbocycles. The summed E-state index contributed by atoms with van der Waals surface area (Å²) in [5, 5.41) is 12.0. The molecule has 0 fully saturated rings. The molecular formula is C18H15F3N2O2. The Morgan fingerprint density at radius 2 is 1.84 bits per heavy atom. The third-order valence-corrected chi connectivity index (χ3v) is 4.30. The highest BCUT2D eigenvalue weighted by atomic mass is 19.4. The lowest BCUT2D eigenvalue weighted by Crippen LogP contribution is -2.14. The molecule has 1 heterocycles. The zero-order valence-electron chi connectivity index (χ0n) is 13.3. The van der Waals surface area contributed by atoms with E-state index in [1.165, 1.54) is 12.1 Å². The SMILES string of the molecule is Cc1cccc2c([C@@H](C[N+](=O)[O-])c3ccc(C(F)(F)F)cc3)c[nH]c12. The maximum Gasteiger partial charge on any atom is 0.416 e. The predicted octanol–water partition coefficient (Wildman–Crippen LogP) is 4.90. The van der Waals surface area contributed by atoms with Crippen molar-refractivity contribution >= 4 is 10.9 Å². The van der Waals surface area contributed by atoms with Gasteiger partial charge in [0.05, 0.1) is 11.5 Å². The third-order valence-electron chi connectivity index (χ3n) is 4.30. The van der Waals surface area contributed by atoms with Crippen molar-refractivity contribution in [2.24, 2.45) is 0 Å². The Morgan fingerprint density at radius 1 is 1.16 bits per heavy atom. The van der Waals surface area contributed by atoms with Gasteiger partial charge in [0, 0.05) is 22.0 Å². The van der Waals surface area contributed by atoms with Crippen molar-refractivity contribution in [2.45, 2.75) is 19.0 Å². The smallest absolute Gasteiger partial charge is 0.361 e. The van der Waals surface area contributed by atoms with Crippen LogP contribution >= 0.6 is 0 Å². The Hall–Kier alpha value is -2.83. The number of H-pyrrole nitrogens is 1. The van der Waals surface area contributed by atoms with Crippen molar-refractivity contribution < 1.29 is 18.1 Å². The molecule has 3 aromatic rings.